The van der Waals surface area contributed by atoms with Crippen molar-refractivity contribution >= 4 is 39.5 Å². The first kappa shape index (κ1) is 87.1. The summed E-state index contributed by atoms with van der Waals surface area (Å²) in [6, 6.07) is 0. The number of esters is 4. The highest BCUT2D eigenvalue weighted by Crippen LogP contribution is 2.45. The highest BCUT2D eigenvalue weighted by atomic mass is 31.2. The van der Waals surface area contributed by atoms with Gasteiger partial charge in [0.05, 0.1) is 26.4 Å². The lowest BCUT2D eigenvalue weighted by atomic mass is 9.99. The fourth-order valence-corrected chi connectivity index (χ4v) is 12.2. The van der Waals surface area contributed by atoms with Crippen molar-refractivity contribution in [1.82, 2.24) is 0 Å². The minimum absolute atomic E-state index is 0.105. The van der Waals surface area contributed by atoms with Gasteiger partial charge in [-0.1, -0.05) is 311 Å². The van der Waals surface area contributed by atoms with Crippen LogP contribution in [-0.2, 0) is 65.4 Å². The highest BCUT2D eigenvalue weighted by Gasteiger charge is 2.30. The summed E-state index contributed by atoms with van der Waals surface area (Å²) in [7, 11) is -9.90. The summed E-state index contributed by atoms with van der Waals surface area (Å²) < 4.78 is 68.3. The summed E-state index contributed by atoms with van der Waals surface area (Å²) >= 11 is 0. The second-order valence-corrected chi connectivity index (χ2v) is 28.4. The lowest BCUT2D eigenvalue weighted by molar-refractivity contribution is -0.161. The van der Waals surface area contributed by atoms with Gasteiger partial charge in [0.2, 0.25) is 0 Å². The number of phosphoric acid groups is 2. The summed E-state index contributed by atoms with van der Waals surface area (Å²) in [5, 5.41) is 10.6. The van der Waals surface area contributed by atoms with Crippen molar-refractivity contribution in [2.24, 2.45) is 5.92 Å². The van der Waals surface area contributed by atoms with Gasteiger partial charge in [-0.2, -0.15) is 0 Å². The number of hydrogen-bond acceptors (Lipinski definition) is 15. The number of phosphoric ester groups is 2. The third-order valence-corrected chi connectivity index (χ3v) is 18.5. The maximum atomic E-state index is 13.0. The molecule has 0 spiro atoms. The molecule has 528 valence electrons. The normalized spacial score (nSPS) is 14.4. The van der Waals surface area contributed by atoms with Gasteiger partial charge in [-0.15, -0.1) is 0 Å². The molecule has 0 aliphatic rings. The van der Waals surface area contributed by atoms with E-state index in [1.54, 1.807) is 0 Å². The number of carbonyl (C=O) groups excluding carboxylic acids is 4. The molecule has 3 unspecified atom stereocenters. The molecule has 19 heteroatoms. The van der Waals surface area contributed by atoms with Gasteiger partial charge < -0.3 is 33.8 Å². The van der Waals surface area contributed by atoms with Gasteiger partial charge in [0.15, 0.2) is 12.2 Å². The van der Waals surface area contributed by atoms with Gasteiger partial charge in [0.1, 0.15) is 19.3 Å². The van der Waals surface area contributed by atoms with Crippen molar-refractivity contribution in [3.8, 4) is 0 Å². The van der Waals surface area contributed by atoms with E-state index in [2.05, 4.69) is 34.6 Å². The van der Waals surface area contributed by atoms with E-state index in [0.717, 1.165) is 95.8 Å². The van der Waals surface area contributed by atoms with E-state index >= 15 is 0 Å². The van der Waals surface area contributed by atoms with Crippen LogP contribution in [0.2, 0.25) is 0 Å². The SMILES string of the molecule is CCCCCCCCCCCCCCCCC(=O)O[C@H](COC(=O)CCCCCCCCCCCCCCC)COP(=O)(O)OC[C@@H](O)COP(=O)(O)OC[C@@H](COC(=O)CCCCCCCCCCCC)OC(=O)CCCCCCCCCCC(C)CC. The zero-order valence-corrected chi connectivity index (χ0v) is 59.4. The average Bonchev–Trinajstić information content (AvgIpc) is 3.55. The second kappa shape index (κ2) is 63.5. The van der Waals surface area contributed by atoms with Crippen molar-refractivity contribution in [2.45, 2.75) is 380 Å². The van der Waals surface area contributed by atoms with Crippen LogP contribution in [0.4, 0.5) is 0 Å². The Bertz CT molecular complexity index is 1720. The van der Waals surface area contributed by atoms with Crippen molar-refractivity contribution in [1.29, 1.82) is 0 Å². The van der Waals surface area contributed by atoms with Crippen LogP contribution in [0.5, 0.6) is 0 Å². The maximum Gasteiger partial charge on any atom is 0.472 e. The third kappa shape index (κ3) is 63.2. The summed E-state index contributed by atoms with van der Waals surface area (Å²) in [4.78, 5) is 72.5. The molecule has 0 radical (unpaired) electrons. The van der Waals surface area contributed by atoms with Crippen LogP contribution in [0, 0.1) is 5.92 Å². The topological polar surface area (TPSA) is 237 Å². The van der Waals surface area contributed by atoms with Gasteiger partial charge in [-0.3, -0.25) is 37.3 Å². The molecule has 3 N–H and O–H groups in total. The lowest BCUT2D eigenvalue weighted by Crippen LogP contribution is -2.30. The number of hydrogen-bond donors (Lipinski definition) is 3. The van der Waals surface area contributed by atoms with Crippen LogP contribution in [0.1, 0.15) is 362 Å². The molecular weight excluding hydrogens is 1170 g/mol. The summed E-state index contributed by atoms with van der Waals surface area (Å²) in [6.07, 6.45) is 49.7. The van der Waals surface area contributed by atoms with Crippen LogP contribution in [-0.4, -0.2) is 96.7 Å². The summed E-state index contributed by atoms with van der Waals surface area (Å²) in [6.45, 7) is 7.24. The number of rotatable bonds is 70. The van der Waals surface area contributed by atoms with E-state index < -0.39 is 97.5 Å². The first-order valence-corrected chi connectivity index (χ1v) is 39.7. The maximum absolute atomic E-state index is 13.0. The fraction of sp³-hybridized carbons (Fsp3) is 0.943. The van der Waals surface area contributed by atoms with E-state index in [4.69, 9.17) is 37.0 Å². The molecule has 0 aliphatic heterocycles. The van der Waals surface area contributed by atoms with Crippen LogP contribution in [0.25, 0.3) is 0 Å². The molecule has 0 fully saturated rings. The summed E-state index contributed by atoms with van der Waals surface area (Å²) in [5.41, 5.74) is 0. The van der Waals surface area contributed by atoms with Crippen LogP contribution in [0.3, 0.4) is 0 Å². The molecule has 17 nitrogen and oxygen atoms in total. The molecule has 0 aromatic rings. The molecule has 0 aliphatic carbocycles. The zero-order valence-electron chi connectivity index (χ0n) is 57.6. The lowest BCUT2D eigenvalue weighted by Gasteiger charge is -2.21. The van der Waals surface area contributed by atoms with Crippen LogP contribution < -0.4 is 0 Å². The van der Waals surface area contributed by atoms with Gasteiger partial charge in [-0.05, 0) is 31.6 Å². The molecule has 89 heavy (non-hydrogen) atoms. The van der Waals surface area contributed by atoms with Crippen LogP contribution >= 0.6 is 15.6 Å². The summed E-state index contributed by atoms with van der Waals surface area (Å²) in [5.74, 6) is -1.35. The molecular formula is C70H136O17P2. The van der Waals surface area contributed by atoms with Gasteiger partial charge in [0, 0.05) is 25.7 Å². The van der Waals surface area contributed by atoms with Crippen molar-refractivity contribution < 1.29 is 80.2 Å². The quantitative estimate of drug-likeness (QED) is 0.0222. The standard InChI is InChI=1S/C70H136O17P2/c1-6-10-13-16-19-22-25-27-29-31-34-40-45-50-55-69(74)86-65(59-81-68(73)54-49-44-39-33-30-28-26-23-20-17-14-11-7-2)61-84-88(76,77)82-57-64(71)58-83-89(78,79)85-62-66(60-80-67(72)53-48-43-38-32-24-21-18-15-12-8-3)87-70(75)56-51-46-41-36-35-37-42-47-52-63(5)9-4/h63-66,71H,6-62H2,1-5H3,(H,76,77)(H,78,79)/t63?,64-,65-,66-/m1/s1. The number of aliphatic hydroxyl groups is 1. The minimum Gasteiger partial charge on any atom is -0.462 e. The molecule has 0 saturated carbocycles. The number of ether oxygens (including phenoxy) is 4. The Kier molecular flexibility index (Phi) is 62.1. The van der Waals surface area contributed by atoms with Gasteiger partial charge in [0.25, 0.3) is 0 Å². The smallest absolute Gasteiger partial charge is 0.462 e. The third-order valence-electron chi connectivity index (χ3n) is 16.6. The Morgan fingerprint density at radius 3 is 0.798 bits per heavy atom. The van der Waals surface area contributed by atoms with Crippen molar-refractivity contribution in [3.63, 3.8) is 0 Å². The van der Waals surface area contributed by atoms with E-state index in [0.29, 0.717) is 25.7 Å². The Hall–Kier alpha value is -1.94. The number of carbonyl (C=O) groups is 4. The fourth-order valence-electron chi connectivity index (χ4n) is 10.6. The average molecular weight is 1310 g/mol. The number of aliphatic hydroxyl groups excluding tert-OH is 1. The molecule has 0 bridgehead atoms. The monoisotopic (exact) mass is 1310 g/mol. The molecule has 0 amide bonds. The van der Waals surface area contributed by atoms with Gasteiger partial charge >= 0.3 is 39.5 Å². The number of unbranched alkanes of at least 4 members (excludes halogenated alkanes) is 41. The zero-order chi connectivity index (χ0) is 65.6. The van der Waals surface area contributed by atoms with E-state index in [1.165, 1.54) is 186 Å². The Balaban J connectivity index is 5.25. The predicted molar refractivity (Wildman–Crippen MR) is 358 cm³/mol. The molecule has 0 heterocycles. The minimum atomic E-state index is -4.95. The first-order valence-electron chi connectivity index (χ1n) is 36.7. The Morgan fingerprint density at radius 1 is 0.315 bits per heavy atom. The highest BCUT2D eigenvalue weighted by molar-refractivity contribution is 7.47. The Morgan fingerprint density at radius 2 is 0.539 bits per heavy atom. The van der Waals surface area contributed by atoms with E-state index in [9.17, 15) is 43.2 Å². The van der Waals surface area contributed by atoms with Crippen LogP contribution in [0.15, 0.2) is 0 Å². The van der Waals surface area contributed by atoms with Gasteiger partial charge in [-0.25, -0.2) is 9.13 Å². The predicted octanol–water partition coefficient (Wildman–Crippen LogP) is 20.1. The Labute approximate surface area is 543 Å². The van der Waals surface area contributed by atoms with E-state index in [1.807, 2.05) is 0 Å². The molecule has 0 aromatic carbocycles. The first-order chi connectivity index (χ1) is 43.1. The van der Waals surface area contributed by atoms with Crippen molar-refractivity contribution in [3.05, 3.63) is 0 Å². The van der Waals surface area contributed by atoms with Crippen molar-refractivity contribution in [2.75, 3.05) is 39.6 Å². The molecule has 0 saturated heterocycles. The van der Waals surface area contributed by atoms with E-state index in [-0.39, 0.29) is 25.7 Å². The largest absolute Gasteiger partial charge is 0.472 e. The second-order valence-electron chi connectivity index (χ2n) is 25.5. The molecule has 6 atom stereocenters. The molecule has 0 aromatic heterocycles. The molecule has 0 rings (SSSR count).